The van der Waals surface area contributed by atoms with Crippen LogP contribution in [0.25, 0.3) is 0 Å². The molecule has 0 spiro atoms. The first-order valence-electron chi connectivity index (χ1n) is 6.69. The second kappa shape index (κ2) is 5.82. The fourth-order valence-electron chi connectivity index (χ4n) is 2.68. The molecule has 20 heavy (non-hydrogen) atoms. The van der Waals surface area contributed by atoms with E-state index in [0.29, 0.717) is 0 Å². The van der Waals surface area contributed by atoms with Gasteiger partial charge < -0.3 is 4.74 Å². The monoisotopic (exact) mass is 414 g/mol. The number of ether oxygens (including phenoxy) is 1. The van der Waals surface area contributed by atoms with Gasteiger partial charge in [-0.25, -0.2) is 0 Å². The highest BCUT2D eigenvalue weighted by atomic mass is 79.9. The quantitative estimate of drug-likeness (QED) is 0.575. The molecule has 1 aromatic heterocycles. The fourth-order valence-corrected chi connectivity index (χ4v) is 5.06. The molecule has 2 aromatic rings. The lowest BCUT2D eigenvalue weighted by atomic mass is 10.1. The van der Waals surface area contributed by atoms with Crippen molar-refractivity contribution in [3.05, 3.63) is 49.1 Å². The molecule has 1 nitrogen and oxygen atoms in total. The van der Waals surface area contributed by atoms with Gasteiger partial charge in [-0.2, -0.15) is 0 Å². The predicted molar refractivity (Wildman–Crippen MR) is 92.5 cm³/mol. The van der Waals surface area contributed by atoms with Gasteiger partial charge in [0.05, 0.1) is 11.9 Å². The number of hydrogen-bond acceptors (Lipinski definition) is 2. The van der Waals surface area contributed by atoms with Crippen LogP contribution in [-0.2, 0) is 12.8 Å². The SMILES string of the molecule is COc1cc(C)c(Br)cc1C(Br)c1cc2c(s1)CCC2. The molecule has 4 heteroatoms. The number of aryl methyl sites for hydroxylation is 3. The van der Waals surface area contributed by atoms with Crippen LogP contribution >= 0.6 is 43.2 Å². The van der Waals surface area contributed by atoms with Crippen molar-refractivity contribution in [2.24, 2.45) is 0 Å². The van der Waals surface area contributed by atoms with Crippen LogP contribution in [0.5, 0.6) is 5.75 Å². The van der Waals surface area contributed by atoms with E-state index in [1.165, 1.54) is 35.3 Å². The number of fused-ring (bicyclic) bond motifs is 1. The Labute approximate surface area is 140 Å². The van der Waals surface area contributed by atoms with Crippen molar-refractivity contribution in [1.82, 2.24) is 0 Å². The van der Waals surface area contributed by atoms with Crippen molar-refractivity contribution in [2.75, 3.05) is 7.11 Å². The molecule has 0 saturated heterocycles. The highest BCUT2D eigenvalue weighted by molar-refractivity contribution is 9.10. The third-order valence-corrected chi connectivity index (χ3v) is 7.25. The molecule has 0 N–H and O–H groups in total. The van der Waals surface area contributed by atoms with Crippen molar-refractivity contribution < 1.29 is 4.74 Å². The molecule has 0 saturated carbocycles. The Kier molecular flexibility index (Phi) is 4.25. The number of halogens is 2. The van der Waals surface area contributed by atoms with Gasteiger partial charge in [0.15, 0.2) is 0 Å². The Morgan fingerprint density at radius 2 is 2.05 bits per heavy atom. The van der Waals surface area contributed by atoms with Crippen molar-refractivity contribution in [3.63, 3.8) is 0 Å². The molecule has 0 fully saturated rings. The molecule has 0 bridgehead atoms. The zero-order valence-corrected chi connectivity index (χ0v) is 15.5. The van der Waals surface area contributed by atoms with E-state index in [1.807, 2.05) is 11.3 Å². The van der Waals surface area contributed by atoms with Gasteiger partial charge in [-0.15, -0.1) is 11.3 Å². The average Bonchev–Trinajstić information content (AvgIpc) is 3.01. The van der Waals surface area contributed by atoms with Gasteiger partial charge in [-0.1, -0.05) is 31.9 Å². The van der Waals surface area contributed by atoms with Crippen LogP contribution in [0.3, 0.4) is 0 Å². The number of hydrogen-bond donors (Lipinski definition) is 0. The van der Waals surface area contributed by atoms with Crippen molar-refractivity contribution in [1.29, 1.82) is 0 Å². The van der Waals surface area contributed by atoms with Crippen molar-refractivity contribution in [2.45, 2.75) is 31.0 Å². The molecule has 3 rings (SSSR count). The second-order valence-electron chi connectivity index (χ2n) is 5.16. The van der Waals surface area contributed by atoms with Crippen LogP contribution in [-0.4, -0.2) is 7.11 Å². The van der Waals surface area contributed by atoms with E-state index in [9.17, 15) is 0 Å². The summed E-state index contributed by atoms with van der Waals surface area (Å²) in [5, 5.41) is 0. The maximum Gasteiger partial charge on any atom is 0.123 e. The van der Waals surface area contributed by atoms with Crippen LogP contribution in [0.1, 0.15) is 37.7 Å². The normalized spacial score (nSPS) is 15.2. The summed E-state index contributed by atoms with van der Waals surface area (Å²) in [6.07, 6.45) is 3.79. The van der Waals surface area contributed by atoms with Gasteiger partial charge >= 0.3 is 0 Å². The lowest BCUT2D eigenvalue weighted by molar-refractivity contribution is 0.410. The largest absolute Gasteiger partial charge is 0.496 e. The predicted octanol–water partition coefficient (Wildman–Crippen LogP) is 5.80. The van der Waals surface area contributed by atoms with E-state index in [4.69, 9.17) is 4.74 Å². The minimum atomic E-state index is 0.199. The zero-order valence-electron chi connectivity index (χ0n) is 11.5. The van der Waals surface area contributed by atoms with Crippen LogP contribution in [0.2, 0.25) is 0 Å². The van der Waals surface area contributed by atoms with Crippen LogP contribution in [0.15, 0.2) is 22.7 Å². The number of thiophene rings is 1. The van der Waals surface area contributed by atoms with Gasteiger partial charge in [0.2, 0.25) is 0 Å². The molecular weight excluding hydrogens is 400 g/mol. The van der Waals surface area contributed by atoms with Crippen LogP contribution < -0.4 is 4.74 Å². The van der Waals surface area contributed by atoms with Gasteiger partial charge in [-0.3, -0.25) is 0 Å². The van der Waals surface area contributed by atoms with E-state index in [0.717, 1.165) is 10.2 Å². The minimum absolute atomic E-state index is 0.199. The summed E-state index contributed by atoms with van der Waals surface area (Å²) in [5.41, 5.74) is 3.92. The Morgan fingerprint density at radius 1 is 1.25 bits per heavy atom. The minimum Gasteiger partial charge on any atom is -0.496 e. The van der Waals surface area contributed by atoms with Crippen molar-refractivity contribution in [3.8, 4) is 5.75 Å². The van der Waals surface area contributed by atoms with E-state index >= 15 is 0 Å². The van der Waals surface area contributed by atoms with Crippen LogP contribution in [0, 0.1) is 6.92 Å². The Hall–Kier alpha value is -0.320. The average molecular weight is 416 g/mol. The standard InChI is InChI=1S/C16H16Br2OS/c1-9-6-13(19-2)11(8-12(9)17)16(18)15-7-10-4-3-5-14(10)20-15/h6-8,16H,3-5H2,1-2H3. The molecule has 1 aliphatic rings. The summed E-state index contributed by atoms with van der Waals surface area (Å²) in [6, 6.07) is 6.62. The first kappa shape index (κ1) is 14.6. The van der Waals surface area contributed by atoms with Crippen molar-refractivity contribution >= 4 is 43.2 Å². The Balaban J connectivity index is 2.00. The molecule has 0 amide bonds. The summed E-state index contributed by atoms with van der Waals surface area (Å²) in [5.74, 6) is 0.945. The summed E-state index contributed by atoms with van der Waals surface area (Å²) in [6.45, 7) is 2.08. The van der Waals surface area contributed by atoms with E-state index in [-0.39, 0.29) is 4.83 Å². The smallest absolute Gasteiger partial charge is 0.123 e. The van der Waals surface area contributed by atoms with E-state index in [2.05, 4.69) is 57.0 Å². The first-order valence-corrected chi connectivity index (χ1v) is 9.22. The maximum atomic E-state index is 5.55. The van der Waals surface area contributed by atoms with Gasteiger partial charge in [0, 0.05) is 19.8 Å². The van der Waals surface area contributed by atoms with E-state index < -0.39 is 0 Å². The Morgan fingerprint density at radius 3 is 2.75 bits per heavy atom. The molecule has 0 aliphatic heterocycles. The molecule has 0 radical (unpaired) electrons. The second-order valence-corrected chi connectivity index (χ2v) is 8.09. The third-order valence-electron chi connectivity index (χ3n) is 3.80. The zero-order chi connectivity index (χ0) is 14.3. The summed E-state index contributed by atoms with van der Waals surface area (Å²) in [7, 11) is 1.74. The Bertz CT molecular complexity index is 627. The molecule has 1 aliphatic carbocycles. The topological polar surface area (TPSA) is 9.23 Å². The lowest BCUT2D eigenvalue weighted by Crippen LogP contribution is -1.97. The maximum absolute atomic E-state index is 5.55. The molecule has 1 aromatic carbocycles. The fraction of sp³-hybridized carbons (Fsp3) is 0.375. The van der Waals surface area contributed by atoms with Gasteiger partial charge in [0.1, 0.15) is 5.75 Å². The van der Waals surface area contributed by atoms with Crippen LogP contribution in [0.4, 0.5) is 0 Å². The highest BCUT2D eigenvalue weighted by Gasteiger charge is 2.22. The molecule has 106 valence electrons. The third kappa shape index (κ3) is 2.58. The lowest BCUT2D eigenvalue weighted by Gasteiger charge is -2.15. The molecular formula is C16H16Br2OS. The molecule has 1 heterocycles. The number of methoxy groups -OCH3 is 1. The molecule has 1 unspecified atom stereocenters. The van der Waals surface area contributed by atoms with Gasteiger partial charge in [0.25, 0.3) is 0 Å². The van der Waals surface area contributed by atoms with E-state index in [1.54, 1.807) is 17.6 Å². The first-order chi connectivity index (χ1) is 9.60. The summed E-state index contributed by atoms with van der Waals surface area (Å²) in [4.78, 5) is 3.14. The number of rotatable bonds is 3. The summed E-state index contributed by atoms with van der Waals surface area (Å²) >= 11 is 9.41. The highest BCUT2D eigenvalue weighted by Crippen LogP contribution is 2.44. The van der Waals surface area contributed by atoms with Gasteiger partial charge in [-0.05, 0) is 55.5 Å². The molecule has 1 atom stereocenters. The number of benzene rings is 1. The summed E-state index contributed by atoms with van der Waals surface area (Å²) < 4.78 is 6.68. The number of alkyl halides is 1.